The zero-order valence-corrected chi connectivity index (χ0v) is 20.5. The Kier molecular flexibility index (Phi) is 8.44. The monoisotopic (exact) mass is 482 g/mol. The Bertz CT molecular complexity index is 1030. The van der Waals surface area contributed by atoms with E-state index >= 15 is 0 Å². The van der Waals surface area contributed by atoms with Gasteiger partial charge in [-0.25, -0.2) is 0 Å². The van der Waals surface area contributed by atoms with Crippen molar-refractivity contribution in [2.75, 3.05) is 76.9 Å². The molecule has 2 heterocycles. The Morgan fingerprint density at radius 2 is 1.69 bits per heavy atom. The number of carbonyl (C=O) groups is 2. The first-order valence-electron chi connectivity index (χ1n) is 12.1. The van der Waals surface area contributed by atoms with Crippen LogP contribution in [0.4, 0.5) is 11.4 Å². The Morgan fingerprint density at radius 1 is 0.914 bits per heavy atom. The summed E-state index contributed by atoms with van der Waals surface area (Å²) in [6, 6.07) is 10.5. The average Bonchev–Trinajstić information content (AvgIpc) is 3.43. The zero-order chi connectivity index (χ0) is 24.6. The van der Waals surface area contributed by atoms with Crippen LogP contribution in [-0.4, -0.2) is 83.4 Å². The highest BCUT2D eigenvalue weighted by Gasteiger charge is 2.21. The number of rotatable bonds is 9. The number of nitrogens with one attached hydrogen (secondary N) is 2. The van der Waals surface area contributed by atoms with Crippen LogP contribution in [-0.2, 0) is 4.74 Å². The third-order valence-electron chi connectivity index (χ3n) is 6.42. The summed E-state index contributed by atoms with van der Waals surface area (Å²) in [5, 5.41) is 5.97. The summed E-state index contributed by atoms with van der Waals surface area (Å²) in [6.45, 7) is 6.39. The molecule has 2 aliphatic rings. The van der Waals surface area contributed by atoms with E-state index < -0.39 is 0 Å². The van der Waals surface area contributed by atoms with Crippen LogP contribution >= 0.6 is 0 Å². The van der Waals surface area contributed by atoms with Gasteiger partial charge in [-0.3, -0.25) is 14.5 Å². The number of carbonyl (C=O) groups excluding carboxylic acids is 2. The lowest BCUT2D eigenvalue weighted by molar-refractivity contribution is 0.0383. The van der Waals surface area contributed by atoms with Gasteiger partial charge in [0.05, 0.1) is 38.6 Å². The first kappa shape index (κ1) is 24.8. The second-order valence-corrected chi connectivity index (χ2v) is 8.66. The van der Waals surface area contributed by atoms with Crippen molar-refractivity contribution in [3.63, 3.8) is 0 Å². The van der Waals surface area contributed by atoms with Gasteiger partial charge >= 0.3 is 0 Å². The molecule has 0 atom stereocenters. The molecule has 2 aromatic rings. The smallest absolute Gasteiger partial charge is 0.259 e. The molecule has 188 valence electrons. The van der Waals surface area contributed by atoms with E-state index in [2.05, 4.69) is 20.4 Å². The van der Waals surface area contributed by atoms with Gasteiger partial charge in [0.1, 0.15) is 11.5 Å². The molecule has 9 heteroatoms. The number of benzene rings is 2. The Morgan fingerprint density at radius 3 is 2.40 bits per heavy atom. The molecule has 0 aliphatic carbocycles. The highest BCUT2D eigenvalue weighted by molar-refractivity contribution is 6.08. The fraction of sp³-hybridized carbons (Fsp3) is 0.462. The molecule has 9 nitrogen and oxygen atoms in total. The van der Waals surface area contributed by atoms with Gasteiger partial charge in [-0.1, -0.05) is 0 Å². The van der Waals surface area contributed by atoms with E-state index in [0.29, 0.717) is 34.9 Å². The lowest BCUT2D eigenvalue weighted by Crippen LogP contribution is -2.41. The van der Waals surface area contributed by atoms with E-state index in [1.54, 1.807) is 31.4 Å². The standard InChI is InChI=1S/C26H34N4O5/c1-33-20-6-7-21(24(18-20)34-2)26(32)28-19-5-8-23(30-10-3-4-11-30)22(17-19)25(31)27-9-12-29-13-15-35-16-14-29/h5-8,17-18H,3-4,9-16H2,1-2H3,(H,27,31)(H,28,32). The van der Waals surface area contributed by atoms with Crippen molar-refractivity contribution in [1.29, 1.82) is 0 Å². The molecule has 0 bridgehead atoms. The van der Waals surface area contributed by atoms with Crippen molar-refractivity contribution in [2.24, 2.45) is 0 Å². The zero-order valence-electron chi connectivity index (χ0n) is 20.5. The highest BCUT2D eigenvalue weighted by atomic mass is 16.5. The SMILES string of the molecule is COc1ccc(C(=O)Nc2ccc(N3CCCC3)c(C(=O)NCCN3CCOCC3)c2)c(OC)c1. The molecule has 0 spiro atoms. The van der Waals surface area contributed by atoms with Gasteiger partial charge in [0.2, 0.25) is 0 Å². The topological polar surface area (TPSA) is 92.4 Å². The van der Waals surface area contributed by atoms with Crippen LogP contribution in [0.1, 0.15) is 33.6 Å². The van der Waals surface area contributed by atoms with Crippen molar-refractivity contribution in [3.8, 4) is 11.5 Å². The molecule has 2 aliphatic heterocycles. The van der Waals surface area contributed by atoms with Gasteiger partial charge in [0, 0.05) is 56.7 Å². The number of hydrogen-bond acceptors (Lipinski definition) is 7. The molecule has 0 saturated carbocycles. The summed E-state index contributed by atoms with van der Waals surface area (Å²) in [5.41, 5.74) is 2.39. The Labute approximate surface area is 206 Å². The molecule has 0 unspecified atom stereocenters. The molecule has 2 amide bonds. The molecule has 2 aromatic carbocycles. The third kappa shape index (κ3) is 6.23. The minimum atomic E-state index is -0.322. The van der Waals surface area contributed by atoms with Gasteiger partial charge in [-0.2, -0.15) is 0 Å². The Balaban J connectivity index is 1.49. The van der Waals surface area contributed by atoms with Crippen LogP contribution in [0.2, 0.25) is 0 Å². The summed E-state index contributed by atoms with van der Waals surface area (Å²) in [5.74, 6) is 0.552. The van der Waals surface area contributed by atoms with E-state index in [4.69, 9.17) is 14.2 Å². The van der Waals surface area contributed by atoms with E-state index in [-0.39, 0.29) is 11.8 Å². The summed E-state index contributed by atoms with van der Waals surface area (Å²) in [7, 11) is 3.07. The van der Waals surface area contributed by atoms with Gasteiger partial charge in [0.25, 0.3) is 11.8 Å². The minimum Gasteiger partial charge on any atom is -0.497 e. The minimum absolute atomic E-state index is 0.140. The molecule has 2 N–H and O–H groups in total. The summed E-state index contributed by atoms with van der Waals surface area (Å²) in [4.78, 5) is 30.7. The van der Waals surface area contributed by atoms with Gasteiger partial charge < -0.3 is 29.7 Å². The van der Waals surface area contributed by atoms with Crippen molar-refractivity contribution in [2.45, 2.75) is 12.8 Å². The largest absolute Gasteiger partial charge is 0.497 e. The van der Waals surface area contributed by atoms with Crippen molar-refractivity contribution in [3.05, 3.63) is 47.5 Å². The molecular weight excluding hydrogens is 448 g/mol. The first-order valence-corrected chi connectivity index (χ1v) is 12.1. The van der Waals surface area contributed by atoms with Crippen molar-refractivity contribution >= 4 is 23.2 Å². The summed E-state index contributed by atoms with van der Waals surface area (Å²) in [6.07, 6.45) is 2.21. The van der Waals surface area contributed by atoms with E-state index in [0.717, 1.165) is 64.5 Å². The molecule has 2 fully saturated rings. The maximum atomic E-state index is 13.2. The van der Waals surface area contributed by atoms with Crippen LogP contribution in [0.15, 0.2) is 36.4 Å². The maximum absolute atomic E-state index is 13.2. The van der Waals surface area contributed by atoms with E-state index in [1.165, 1.54) is 7.11 Å². The average molecular weight is 483 g/mol. The molecule has 0 radical (unpaired) electrons. The van der Waals surface area contributed by atoms with Gasteiger partial charge in [-0.05, 0) is 43.2 Å². The van der Waals surface area contributed by atoms with Gasteiger partial charge in [0.15, 0.2) is 0 Å². The summed E-state index contributed by atoms with van der Waals surface area (Å²) < 4.78 is 16.0. The fourth-order valence-electron chi connectivity index (χ4n) is 4.46. The van der Waals surface area contributed by atoms with Crippen molar-refractivity contribution in [1.82, 2.24) is 10.2 Å². The molecule has 0 aromatic heterocycles. The van der Waals surface area contributed by atoms with E-state index in [1.807, 2.05) is 12.1 Å². The van der Waals surface area contributed by atoms with Crippen LogP contribution < -0.4 is 25.0 Å². The Hall–Kier alpha value is -3.30. The number of methoxy groups -OCH3 is 2. The van der Waals surface area contributed by atoms with Crippen LogP contribution in [0.25, 0.3) is 0 Å². The van der Waals surface area contributed by atoms with Crippen LogP contribution in [0.3, 0.4) is 0 Å². The normalized spacial score (nSPS) is 16.1. The molecular formula is C26H34N4O5. The number of anilines is 2. The highest BCUT2D eigenvalue weighted by Crippen LogP contribution is 2.29. The van der Waals surface area contributed by atoms with Crippen LogP contribution in [0, 0.1) is 0 Å². The quantitative estimate of drug-likeness (QED) is 0.568. The van der Waals surface area contributed by atoms with Gasteiger partial charge in [-0.15, -0.1) is 0 Å². The number of hydrogen-bond donors (Lipinski definition) is 2. The molecule has 2 saturated heterocycles. The molecule has 4 rings (SSSR count). The number of morpholine rings is 1. The number of ether oxygens (including phenoxy) is 3. The van der Waals surface area contributed by atoms with E-state index in [9.17, 15) is 9.59 Å². The predicted octanol–water partition coefficient (Wildman–Crippen LogP) is 2.62. The van der Waals surface area contributed by atoms with Crippen LogP contribution in [0.5, 0.6) is 11.5 Å². The lowest BCUT2D eigenvalue weighted by Gasteiger charge is -2.26. The number of nitrogens with zero attached hydrogens (tertiary/aromatic N) is 2. The van der Waals surface area contributed by atoms with Crippen molar-refractivity contribution < 1.29 is 23.8 Å². The predicted molar refractivity (Wildman–Crippen MR) is 135 cm³/mol. The second kappa shape index (κ2) is 11.9. The number of amides is 2. The first-order chi connectivity index (χ1) is 17.1. The fourth-order valence-corrected chi connectivity index (χ4v) is 4.46. The maximum Gasteiger partial charge on any atom is 0.259 e. The lowest BCUT2D eigenvalue weighted by atomic mass is 10.1. The summed E-state index contributed by atoms with van der Waals surface area (Å²) >= 11 is 0. The second-order valence-electron chi connectivity index (χ2n) is 8.66. The third-order valence-corrected chi connectivity index (χ3v) is 6.42. The molecule has 35 heavy (non-hydrogen) atoms.